The number of rotatable bonds is 3. The predicted molar refractivity (Wildman–Crippen MR) is 131 cm³/mol. The second kappa shape index (κ2) is 8.01. The summed E-state index contributed by atoms with van der Waals surface area (Å²) in [6.45, 7) is 9.18. The number of carbonyl (C=O) groups is 4. The van der Waals surface area contributed by atoms with Gasteiger partial charge in [-0.2, -0.15) is 0 Å². The number of esters is 3. The van der Waals surface area contributed by atoms with Crippen LogP contribution in [0.2, 0.25) is 0 Å². The smallest absolute Gasteiger partial charge is 0.339 e. The van der Waals surface area contributed by atoms with Gasteiger partial charge in [0.25, 0.3) is 0 Å². The topological polar surface area (TPSA) is 125 Å². The zero-order valence-corrected chi connectivity index (χ0v) is 22.6. The third-order valence-electron chi connectivity index (χ3n) is 10.4. The summed E-state index contributed by atoms with van der Waals surface area (Å²) >= 11 is 0. The number of cyclic esters (lactones) is 1. The van der Waals surface area contributed by atoms with Gasteiger partial charge in [-0.1, -0.05) is 13.8 Å². The zero-order chi connectivity index (χ0) is 27.4. The number of carbonyl (C=O) groups excluding carboxylic acids is 4. The predicted octanol–water partition coefficient (Wildman–Crippen LogP) is 2.93. The Balaban J connectivity index is 1.33. The SMILES string of the molecule is CC1=C/C(=C/[C@@H](C)C(=O)[C@]2(C)CC(=O)O[C@@H]3[C@H]4CC[C@H]5C(C)(C)O[C@@H]6CC(=O)O[C@@]65C[C@@]4(O)C[C@@H]32)OC1=O. The van der Waals surface area contributed by atoms with Gasteiger partial charge in [-0.05, 0) is 52.2 Å². The molecule has 0 aromatic rings. The van der Waals surface area contributed by atoms with Crippen LogP contribution in [0.1, 0.15) is 73.1 Å². The molecule has 6 rings (SSSR count). The lowest BCUT2D eigenvalue weighted by Gasteiger charge is -2.43. The summed E-state index contributed by atoms with van der Waals surface area (Å²) in [6, 6.07) is 0. The van der Waals surface area contributed by atoms with Crippen molar-refractivity contribution in [1.82, 2.24) is 0 Å². The maximum Gasteiger partial charge on any atom is 0.339 e. The molecule has 206 valence electrons. The van der Waals surface area contributed by atoms with Gasteiger partial charge in [-0.15, -0.1) is 0 Å². The Morgan fingerprint density at radius 2 is 1.87 bits per heavy atom. The largest absolute Gasteiger partial charge is 0.462 e. The van der Waals surface area contributed by atoms with Crippen molar-refractivity contribution in [2.24, 2.45) is 29.1 Å². The van der Waals surface area contributed by atoms with Crippen LogP contribution in [0, 0.1) is 29.1 Å². The van der Waals surface area contributed by atoms with E-state index in [0.717, 1.165) is 0 Å². The van der Waals surface area contributed by atoms with Crippen LogP contribution in [-0.2, 0) is 38.1 Å². The van der Waals surface area contributed by atoms with Crippen LogP contribution in [0.4, 0.5) is 0 Å². The average Bonchev–Trinajstić information content (AvgIpc) is 3.39. The fraction of sp³-hybridized carbons (Fsp3) is 0.724. The minimum absolute atomic E-state index is 0.0838. The first kappa shape index (κ1) is 25.7. The lowest BCUT2D eigenvalue weighted by molar-refractivity contribution is -0.177. The van der Waals surface area contributed by atoms with E-state index in [2.05, 4.69) is 0 Å². The summed E-state index contributed by atoms with van der Waals surface area (Å²) in [5.41, 5.74) is -3.35. The van der Waals surface area contributed by atoms with E-state index in [9.17, 15) is 24.3 Å². The van der Waals surface area contributed by atoms with Crippen molar-refractivity contribution >= 4 is 23.7 Å². The number of ketones is 1. The first-order chi connectivity index (χ1) is 17.7. The maximum atomic E-state index is 13.9. The molecule has 0 unspecified atom stereocenters. The highest BCUT2D eigenvalue weighted by atomic mass is 16.6. The fourth-order valence-electron chi connectivity index (χ4n) is 8.74. The summed E-state index contributed by atoms with van der Waals surface area (Å²) < 4.78 is 23.5. The minimum atomic E-state index is -1.29. The summed E-state index contributed by atoms with van der Waals surface area (Å²) in [5.74, 6) is -2.54. The Labute approximate surface area is 221 Å². The van der Waals surface area contributed by atoms with Crippen LogP contribution in [0.3, 0.4) is 0 Å². The molecule has 9 nitrogen and oxygen atoms in total. The molecule has 0 aromatic carbocycles. The number of Topliss-reactive ketones (excluding diaryl/α,β-unsaturated/α-hetero) is 1. The molecule has 9 atom stereocenters. The molecule has 0 amide bonds. The molecule has 0 bridgehead atoms. The molecule has 0 radical (unpaired) electrons. The third kappa shape index (κ3) is 3.50. The van der Waals surface area contributed by atoms with Crippen LogP contribution in [0.25, 0.3) is 0 Å². The van der Waals surface area contributed by atoms with E-state index in [4.69, 9.17) is 18.9 Å². The van der Waals surface area contributed by atoms with Gasteiger partial charge in [-0.25, -0.2) is 4.79 Å². The van der Waals surface area contributed by atoms with E-state index in [1.807, 2.05) is 13.8 Å². The zero-order valence-electron chi connectivity index (χ0n) is 22.6. The van der Waals surface area contributed by atoms with Crippen molar-refractivity contribution < 1.29 is 43.2 Å². The van der Waals surface area contributed by atoms with E-state index in [0.29, 0.717) is 24.2 Å². The van der Waals surface area contributed by atoms with Gasteiger partial charge < -0.3 is 24.1 Å². The van der Waals surface area contributed by atoms with Crippen molar-refractivity contribution in [3.8, 4) is 0 Å². The Morgan fingerprint density at radius 3 is 2.55 bits per heavy atom. The van der Waals surface area contributed by atoms with E-state index < -0.39 is 58.2 Å². The van der Waals surface area contributed by atoms with Crippen LogP contribution in [0.5, 0.6) is 0 Å². The minimum Gasteiger partial charge on any atom is -0.462 e. The van der Waals surface area contributed by atoms with Crippen molar-refractivity contribution in [3.63, 3.8) is 0 Å². The van der Waals surface area contributed by atoms with E-state index in [1.165, 1.54) is 0 Å². The van der Waals surface area contributed by atoms with Crippen LogP contribution >= 0.6 is 0 Å². The summed E-state index contributed by atoms with van der Waals surface area (Å²) in [7, 11) is 0. The van der Waals surface area contributed by atoms with E-state index >= 15 is 0 Å². The lowest BCUT2D eigenvalue weighted by atomic mass is 9.64. The highest BCUT2D eigenvalue weighted by molar-refractivity contribution is 5.94. The van der Waals surface area contributed by atoms with Gasteiger partial charge in [0.1, 0.15) is 29.4 Å². The van der Waals surface area contributed by atoms with Crippen LogP contribution in [-0.4, -0.2) is 57.8 Å². The molecular weight excluding hydrogens is 492 g/mol. The van der Waals surface area contributed by atoms with Crippen molar-refractivity contribution in [2.75, 3.05) is 0 Å². The summed E-state index contributed by atoms with van der Waals surface area (Å²) in [5, 5.41) is 12.3. The molecular formula is C29H36O9. The van der Waals surface area contributed by atoms with Crippen molar-refractivity contribution in [1.29, 1.82) is 0 Å². The third-order valence-corrected chi connectivity index (χ3v) is 10.4. The highest BCUT2D eigenvalue weighted by Gasteiger charge is 2.73. The molecule has 2 aliphatic carbocycles. The van der Waals surface area contributed by atoms with Gasteiger partial charge in [0.05, 0.1) is 24.0 Å². The Bertz CT molecular complexity index is 1200. The standard InChI is InChI=1S/C29H36O9/c1-14(8-16-9-15(2)25(33)35-16)24(32)27(5)12-22(31)36-23-17-6-7-19-26(3,4)37-20-10-21(30)38-29(19,20)13-28(17,34)11-18(23)27/h8-9,14,17-20,23,34H,6-7,10-13H2,1-5H3/b16-8-/t14-,17-,18+,19+,20-,23-,27-,28+,29-/m1/s1. The number of allylic oxidation sites excluding steroid dienone is 2. The average molecular weight is 529 g/mol. The van der Waals surface area contributed by atoms with Crippen LogP contribution in [0.15, 0.2) is 23.5 Å². The molecule has 4 aliphatic heterocycles. The van der Waals surface area contributed by atoms with Crippen molar-refractivity contribution in [2.45, 2.75) is 102 Å². The molecule has 38 heavy (non-hydrogen) atoms. The molecule has 0 aromatic heterocycles. The Hall–Kier alpha value is -2.52. The highest BCUT2D eigenvalue weighted by Crippen LogP contribution is 2.64. The van der Waals surface area contributed by atoms with E-state index in [1.54, 1.807) is 32.9 Å². The quantitative estimate of drug-likeness (QED) is 0.435. The second-order valence-electron chi connectivity index (χ2n) is 13.2. The summed E-state index contributed by atoms with van der Waals surface area (Å²) in [6.07, 6.45) is 3.91. The Kier molecular flexibility index (Phi) is 5.42. The lowest BCUT2D eigenvalue weighted by Crippen LogP contribution is -2.50. The number of hydrogen-bond donors (Lipinski definition) is 1. The monoisotopic (exact) mass is 528 g/mol. The number of ether oxygens (including phenoxy) is 4. The van der Waals surface area contributed by atoms with Crippen LogP contribution < -0.4 is 0 Å². The molecule has 2 saturated carbocycles. The Morgan fingerprint density at radius 1 is 1.13 bits per heavy atom. The molecule has 6 aliphatic rings. The number of hydrogen-bond acceptors (Lipinski definition) is 9. The van der Waals surface area contributed by atoms with Crippen molar-refractivity contribution in [3.05, 3.63) is 23.5 Å². The molecule has 1 spiro atoms. The number of fused-ring (bicyclic) bond motifs is 3. The maximum absolute atomic E-state index is 13.9. The first-order valence-corrected chi connectivity index (χ1v) is 13.7. The fourth-order valence-corrected chi connectivity index (χ4v) is 8.74. The molecule has 9 heteroatoms. The molecule has 1 N–H and O–H groups in total. The summed E-state index contributed by atoms with van der Waals surface area (Å²) in [4.78, 5) is 51.1. The molecule has 3 saturated heterocycles. The first-order valence-electron chi connectivity index (χ1n) is 13.7. The van der Waals surface area contributed by atoms with Gasteiger partial charge in [0.15, 0.2) is 0 Å². The number of aliphatic hydroxyl groups is 1. The van der Waals surface area contributed by atoms with Gasteiger partial charge >= 0.3 is 17.9 Å². The van der Waals surface area contributed by atoms with E-state index in [-0.39, 0.29) is 49.3 Å². The van der Waals surface area contributed by atoms with Gasteiger partial charge in [-0.3, -0.25) is 14.4 Å². The van der Waals surface area contributed by atoms with Gasteiger partial charge in [0.2, 0.25) is 0 Å². The second-order valence-corrected chi connectivity index (χ2v) is 13.2. The normalized spacial score (nSPS) is 46.7. The van der Waals surface area contributed by atoms with Gasteiger partial charge in [0, 0.05) is 41.1 Å². The molecule has 4 heterocycles. The molecule has 5 fully saturated rings.